The van der Waals surface area contributed by atoms with Gasteiger partial charge in [0.25, 0.3) is 0 Å². The average molecular weight is 288 g/mol. The van der Waals surface area contributed by atoms with E-state index in [1.807, 2.05) is 6.07 Å². The second kappa shape index (κ2) is 7.28. The molecule has 1 heterocycles. The second-order valence-corrected chi connectivity index (χ2v) is 6.50. The lowest BCUT2D eigenvalue weighted by molar-refractivity contribution is 0.276. The Bertz CT molecular complexity index is 437. The van der Waals surface area contributed by atoms with Gasteiger partial charge in [-0.15, -0.1) is 0 Å². The monoisotopic (exact) mass is 288 g/mol. The number of nitrogens with one attached hydrogen (secondary N) is 1. The van der Waals surface area contributed by atoms with Gasteiger partial charge in [0.1, 0.15) is 5.75 Å². The summed E-state index contributed by atoms with van der Waals surface area (Å²) < 4.78 is 5.31. The van der Waals surface area contributed by atoms with Crippen molar-refractivity contribution < 1.29 is 4.74 Å². The number of ether oxygens (including phenoxy) is 1. The largest absolute Gasteiger partial charge is 0.497 e. The molecule has 21 heavy (non-hydrogen) atoms. The van der Waals surface area contributed by atoms with Crippen LogP contribution in [-0.4, -0.2) is 44.2 Å². The van der Waals surface area contributed by atoms with E-state index in [2.05, 4.69) is 28.4 Å². The van der Waals surface area contributed by atoms with Crippen LogP contribution in [0.5, 0.6) is 5.75 Å². The second-order valence-electron chi connectivity index (χ2n) is 6.50. The maximum Gasteiger partial charge on any atom is 0.119 e. The average Bonchev–Trinajstić information content (AvgIpc) is 2.98. The Hall–Kier alpha value is -1.06. The van der Waals surface area contributed by atoms with Crippen molar-refractivity contribution in [3.63, 3.8) is 0 Å². The smallest absolute Gasteiger partial charge is 0.119 e. The van der Waals surface area contributed by atoms with Crippen LogP contribution in [0.1, 0.15) is 43.6 Å². The molecule has 0 unspecified atom stereocenters. The molecule has 2 fully saturated rings. The third-order valence-electron chi connectivity index (χ3n) is 4.99. The van der Waals surface area contributed by atoms with Crippen LogP contribution in [0.4, 0.5) is 0 Å². The van der Waals surface area contributed by atoms with Gasteiger partial charge in [-0.25, -0.2) is 0 Å². The molecule has 1 N–H and O–H groups in total. The molecule has 0 aromatic heterocycles. The number of nitrogens with zero attached hydrogens (tertiary/aromatic N) is 1. The van der Waals surface area contributed by atoms with Gasteiger partial charge in [-0.2, -0.15) is 0 Å². The first kappa shape index (κ1) is 14.9. The summed E-state index contributed by atoms with van der Waals surface area (Å²) in [6, 6.07) is 9.27. The van der Waals surface area contributed by atoms with E-state index in [4.69, 9.17) is 4.74 Å². The predicted octanol–water partition coefficient (Wildman–Crippen LogP) is 3.02. The Morgan fingerprint density at radius 2 is 2.05 bits per heavy atom. The van der Waals surface area contributed by atoms with E-state index in [1.54, 1.807) is 7.11 Å². The Kier molecular flexibility index (Phi) is 5.15. The summed E-state index contributed by atoms with van der Waals surface area (Å²) in [6.07, 6.45) is 6.64. The fraction of sp³-hybridized carbons (Fsp3) is 0.667. The minimum Gasteiger partial charge on any atom is -0.497 e. The van der Waals surface area contributed by atoms with Crippen molar-refractivity contribution in [3.8, 4) is 5.75 Å². The van der Waals surface area contributed by atoms with Crippen LogP contribution in [0.2, 0.25) is 0 Å². The minimum atomic E-state index is 0.719. The molecule has 1 aliphatic carbocycles. The highest BCUT2D eigenvalue weighted by Gasteiger charge is 2.29. The highest BCUT2D eigenvalue weighted by atomic mass is 16.5. The normalized spacial score (nSPS) is 25.8. The van der Waals surface area contributed by atoms with Gasteiger partial charge in [0.05, 0.1) is 7.11 Å². The summed E-state index contributed by atoms with van der Waals surface area (Å²) in [5.74, 6) is 1.70. The molecule has 1 aromatic rings. The van der Waals surface area contributed by atoms with Crippen molar-refractivity contribution in [2.75, 3.05) is 33.3 Å². The summed E-state index contributed by atoms with van der Waals surface area (Å²) in [5, 5.41) is 3.71. The number of likely N-dealkylation sites (tertiary alicyclic amines) is 1. The van der Waals surface area contributed by atoms with Gasteiger partial charge in [-0.05, 0) is 81.9 Å². The molecule has 1 saturated heterocycles. The van der Waals surface area contributed by atoms with Gasteiger partial charge >= 0.3 is 0 Å². The van der Waals surface area contributed by atoms with Gasteiger partial charge < -0.3 is 15.0 Å². The molecular formula is C18H28N2O. The van der Waals surface area contributed by atoms with E-state index in [0.29, 0.717) is 0 Å². The lowest BCUT2D eigenvalue weighted by Crippen LogP contribution is -2.41. The molecule has 0 radical (unpaired) electrons. The lowest BCUT2D eigenvalue weighted by Gasteiger charge is -2.36. The molecule has 1 saturated carbocycles. The number of hydrogen-bond donors (Lipinski definition) is 1. The van der Waals surface area contributed by atoms with Gasteiger partial charge in [-0.3, -0.25) is 0 Å². The van der Waals surface area contributed by atoms with E-state index in [-0.39, 0.29) is 0 Å². The molecule has 2 aliphatic rings. The molecule has 1 aromatic carbocycles. The fourth-order valence-electron chi connectivity index (χ4n) is 3.57. The Labute approximate surface area is 128 Å². The lowest BCUT2D eigenvalue weighted by atomic mass is 9.76. The zero-order chi connectivity index (χ0) is 14.5. The zero-order valence-corrected chi connectivity index (χ0v) is 13.2. The Morgan fingerprint density at radius 3 is 2.81 bits per heavy atom. The SMILES string of the molecule is COc1cccc(C2CC(NCCCN3CCCC3)C2)c1. The molecule has 3 nitrogen and oxygen atoms in total. The molecule has 0 spiro atoms. The van der Waals surface area contributed by atoms with Gasteiger partial charge in [-0.1, -0.05) is 12.1 Å². The van der Waals surface area contributed by atoms with Crippen LogP contribution >= 0.6 is 0 Å². The van der Waals surface area contributed by atoms with Crippen LogP contribution < -0.4 is 10.1 Å². The summed E-state index contributed by atoms with van der Waals surface area (Å²) in [4.78, 5) is 2.60. The summed E-state index contributed by atoms with van der Waals surface area (Å²) in [5.41, 5.74) is 1.43. The molecule has 116 valence electrons. The van der Waals surface area contributed by atoms with E-state index in [0.717, 1.165) is 17.7 Å². The van der Waals surface area contributed by atoms with E-state index >= 15 is 0 Å². The number of hydrogen-bond acceptors (Lipinski definition) is 3. The van der Waals surface area contributed by atoms with E-state index < -0.39 is 0 Å². The minimum absolute atomic E-state index is 0.719. The maximum absolute atomic E-state index is 5.31. The van der Waals surface area contributed by atoms with Gasteiger partial charge in [0.15, 0.2) is 0 Å². The molecular weight excluding hydrogens is 260 g/mol. The van der Waals surface area contributed by atoms with E-state index in [9.17, 15) is 0 Å². The summed E-state index contributed by atoms with van der Waals surface area (Å²) >= 11 is 0. The highest BCUT2D eigenvalue weighted by molar-refractivity contribution is 5.32. The van der Waals surface area contributed by atoms with Crippen molar-refractivity contribution in [3.05, 3.63) is 29.8 Å². The third kappa shape index (κ3) is 3.98. The Balaban J connectivity index is 1.32. The molecule has 3 heteroatoms. The van der Waals surface area contributed by atoms with Crippen LogP contribution in [-0.2, 0) is 0 Å². The van der Waals surface area contributed by atoms with Crippen LogP contribution in [0, 0.1) is 0 Å². The zero-order valence-electron chi connectivity index (χ0n) is 13.2. The van der Waals surface area contributed by atoms with Crippen molar-refractivity contribution in [1.29, 1.82) is 0 Å². The van der Waals surface area contributed by atoms with Crippen LogP contribution in [0.3, 0.4) is 0 Å². The molecule has 0 atom stereocenters. The molecule has 3 rings (SSSR count). The summed E-state index contributed by atoms with van der Waals surface area (Å²) in [6.45, 7) is 5.09. The number of benzene rings is 1. The first-order chi connectivity index (χ1) is 10.3. The first-order valence-corrected chi connectivity index (χ1v) is 8.45. The number of methoxy groups -OCH3 is 1. The van der Waals surface area contributed by atoms with Gasteiger partial charge in [0.2, 0.25) is 0 Å². The summed E-state index contributed by atoms with van der Waals surface area (Å²) in [7, 11) is 1.74. The molecule has 0 amide bonds. The van der Waals surface area contributed by atoms with Crippen LogP contribution in [0.25, 0.3) is 0 Å². The fourth-order valence-corrected chi connectivity index (χ4v) is 3.57. The standard InChI is InChI=1S/C18H28N2O/c1-21-18-7-4-6-15(14-18)16-12-17(13-16)19-8-5-11-20-9-2-3-10-20/h4,6-7,14,16-17,19H,2-3,5,8-13H2,1H3. The van der Waals surface area contributed by atoms with Crippen molar-refractivity contribution in [2.45, 2.75) is 44.1 Å². The maximum atomic E-state index is 5.31. The molecule has 1 aliphatic heterocycles. The first-order valence-electron chi connectivity index (χ1n) is 8.45. The highest BCUT2D eigenvalue weighted by Crippen LogP contribution is 2.37. The number of rotatable bonds is 7. The van der Waals surface area contributed by atoms with Crippen LogP contribution in [0.15, 0.2) is 24.3 Å². The van der Waals surface area contributed by atoms with Crippen molar-refractivity contribution >= 4 is 0 Å². The van der Waals surface area contributed by atoms with Gasteiger partial charge in [0, 0.05) is 6.04 Å². The Morgan fingerprint density at radius 1 is 1.24 bits per heavy atom. The quantitative estimate of drug-likeness (QED) is 0.781. The van der Waals surface area contributed by atoms with Crippen molar-refractivity contribution in [1.82, 2.24) is 10.2 Å². The topological polar surface area (TPSA) is 24.5 Å². The third-order valence-corrected chi connectivity index (χ3v) is 4.99. The van der Waals surface area contributed by atoms with Crippen molar-refractivity contribution in [2.24, 2.45) is 0 Å². The predicted molar refractivity (Wildman–Crippen MR) is 87.1 cm³/mol. The van der Waals surface area contributed by atoms with E-state index in [1.165, 1.54) is 63.8 Å². The molecule has 0 bridgehead atoms.